The summed E-state index contributed by atoms with van der Waals surface area (Å²) in [5, 5.41) is 0. The Morgan fingerprint density at radius 2 is 2.00 bits per heavy atom. The molecule has 0 heterocycles. The zero-order valence-electron chi connectivity index (χ0n) is 7.66. The molecule has 3 heteroatoms. The van der Waals surface area contributed by atoms with Crippen LogP contribution < -0.4 is 5.73 Å². The number of benzene rings is 1. The highest BCUT2D eigenvalue weighted by Crippen LogP contribution is 2.02. The van der Waals surface area contributed by atoms with E-state index in [0.29, 0.717) is 5.56 Å². The van der Waals surface area contributed by atoms with E-state index in [2.05, 4.69) is 24.5 Å². The molecule has 0 saturated carbocycles. The molecule has 0 aromatic heterocycles. The van der Waals surface area contributed by atoms with Crippen LogP contribution in [0, 0.1) is 11.8 Å². The molecule has 0 aliphatic heterocycles. The molecule has 1 aromatic rings. The molecule has 0 bridgehead atoms. The molecule has 0 atom stereocenters. The average molecular weight is 205 g/mol. The second-order valence-corrected chi connectivity index (χ2v) is 3.16. The minimum absolute atomic E-state index is 0.417. The van der Waals surface area contributed by atoms with Gasteiger partial charge in [-0.25, -0.2) is 0 Å². The number of carbonyl (C=O) groups excluding carboxylic acids is 1. The first-order valence-electron chi connectivity index (χ1n) is 4.23. The summed E-state index contributed by atoms with van der Waals surface area (Å²) in [5.41, 5.74) is 6.49. The van der Waals surface area contributed by atoms with Crippen LogP contribution in [0.15, 0.2) is 24.3 Å². The zero-order valence-corrected chi connectivity index (χ0v) is 8.55. The highest BCUT2D eigenvalue weighted by molar-refractivity contribution is 7.80. The number of hydrogen-bond donors (Lipinski definition) is 2. The Labute approximate surface area is 88.9 Å². The van der Waals surface area contributed by atoms with Crippen LogP contribution in [0.2, 0.25) is 0 Å². The van der Waals surface area contributed by atoms with Crippen LogP contribution in [0.1, 0.15) is 22.3 Å². The fourth-order valence-electron chi connectivity index (χ4n) is 0.938. The molecule has 1 amide bonds. The van der Waals surface area contributed by atoms with Gasteiger partial charge in [0.2, 0.25) is 5.91 Å². The summed E-state index contributed by atoms with van der Waals surface area (Å²) in [6, 6.07) is 6.91. The van der Waals surface area contributed by atoms with Gasteiger partial charge >= 0.3 is 0 Å². The maximum Gasteiger partial charge on any atom is 0.248 e. The third kappa shape index (κ3) is 3.15. The number of carbonyl (C=O) groups is 1. The smallest absolute Gasteiger partial charge is 0.248 e. The van der Waals surface area contributed by atoms with E-state index in [-0.39, 0.29) is 0 Å². The van der Waals surface area contributed by atoms with E-state index in [1.54, 1.807) is 24.3 Å². The van der Waals surface area contributed by atoms with E-state index in [4.69, 9.17) is 5.73 Å². The number of thiol groups is 1. The number of nitrogens with two attached hydrogens (primary N) is 1. The van der Waals surface area contributed by atoms with Gasteiger partial charge in [-0.05, 0) is 24.3 Å². The van der Waals surface area contributed by atoms with Gasteiger partial charge in [-0.3, -0.25) is 4.79 Å². The topological polar surface area (TPSA) is 43.1 Å². The molecule has 1 rings (SSSR count). The number of primary amides is 1. The van der Waals surface area contributed by atoms with E-state index in [0.717, 1.165) is 17.7 Å². The molecule has 0 aliphatic rings. The lowest BCUT2D eigenvalue weighted by molar-refractivity contribution is 0.100. The summed E-state index contributed by atoms with van der Waals surface area (Å²) in [7, 11) is 0. The monoisotopic (exact) mass is 205 g/mol. The van der Waals surface area contributed by atoms with Gasteiger partial charge in [0.25, 0.3) is 0 Å². The van der Waals surface area contributed by atoms with Crippen molar-refractivity contribution in [1.82, 2.24) is 0 Å². The van der Waals surface area contributed by atoms with E-state index >= 15 is 0 Å². The third-order valence-electron chi connectivity index (χ3n) is 1.64. The van der Waals surface area contributed by atoms with Crippen LogP contribution in [0.4, 0.5) is 0 Å². The minimum atomic E-state index is -0.417. The zero-order chi connectivity index (χ0) is 10.4. The summed E-state index contributed by atoms with van der Waals surface area (Å²) >= 11 is 4.05. The van der Waals surface area contributed by atoms with E-state index in [9.17, 15) is 4.79 Å². The molecule has 0 fully saturated rings. The van der Waals surface area contributed by atoms with Gasteiger partial charge in [0, 0.05) is 23.3 Å². The second-order valence-electron chi connectivity index (χ2n) is 2.72. The van der Waals surface area contributed by atoms with Gasteiger partial charge in [0.05, 0.1) is 0 Å². The Kier molecular flexibility index (Phi) is 4.09. The quantitative estimate of drug-likeness (QED) is 0.557. The van der Waals surface area contributed by atoms with E-state index in [1.165, 1.54) is 0 Å². The summed E-state index contributed by atoms with van der Waals surface area (Å²) in [5.74, 6) is 6.26. The summed E-state index contributed by atoms with van der Waals surface area (Å²) in [6.45, 7) is 0. The molecular formula is C11H11NOS. The van der Waals surface area contributed by atoms with Gasteiger partial charge < -0.3 is 5.73 Å². The molecule has 72 valence electrons. The third-order valence-corrected chi connectivity index (χ3v) is 1.86. The normalized spacial score (nSPS) is 8.93. The van der Waals surface area contributed by atoms with Gasteiger partial charge in [-0.15, -0.1) is 0 Å². The Hall–Kier alpha value is -1.40. The average Bonchev–Trinajstić information content (AvgIpc) is 2.19. The van der Waals surface area contributed by atoms with Crippen molar-refractivity contribution in [1.29, 1.82) is 0 Å². The van der Waals surface area contributed by atoms with Crippen molar-refractivity contribution in [3.05, 3.63) is 35.4 Å². The van der Waals surface area contributed by atoms with Crippen molar-refractivity contribution in [3.63, 3.8) is 0 Å². The van der Waals surface area contributed by atoms with Crippen molar-refractivity contribution in [2.75, 3.05) is 5.75 Å². The summed E-state index contributed by atoms with van der Waals surface area (Å²) < 4.78 is 0. The summed E-state index contributed by atoms with van der Waals surface area (Å²) in [4.78, 5) is 10.7. The van der Waals surface area contributed by atoms with Gasteiger partial charge in [-0.2, -0.15) is 12.6 Å². The molecule has 0 unspecified atom stereocenters. The van der Waals surface area contributed by atoms with E-state index in [1.807, 2.05) is 0 Å². The van der Waals surface area contributed by atoms with Crippen molar-refractivity contribution in [3.8, 4) is 11.8 Å². The Morgan fingerprint density at radius 3 is 2.50 bits per heavy atom. The fraction of sp³-hybridized carbons (Fsp3) is 0.182. The van der Waals surface area contributed by atoms with Crippen molar-refractivity contribution >= 4 is 18.5 Å². The standard InChI is InChI=1S/C11H11NOS/c12-11(13)10-6-4-9(5-7-10)3-1-2-8-14/h4-7,14H,2,8H2,(H2,12,13). The molecule has 1 aromatic carbocycles. The molecule has 0 spiro atoms. The Morgan fingerprint density at radius 1 is 1.36 bits per heavy atom. The summed E-state index contributed by atoms with van der Waals surface area (Å²) in [6.07, 6.45) is 0.765. The van der Waals surface area contributed by atoms with Crippen LogP contribution in [-0.2, 0) is 0 Å². The van der Waals surface area contributed by atoms with Crippen LogP contribution in [0.3, 0.4) is 0 Å². The van der Waals surface area contributed by atoms with Crippen molar-refractivity contribution in [2.45, 2.75) is 6.42 Å². The Bertz CT molecular complexity index is 373. The lowest BCUT2D eigenvalue weighted by Crippen LogP contribution is -2.10. The van der Waals surface area contributed by atoms with Crippen LogP contribution in [0.5, 0.6) is 0 Å². The molecular weight excluding hydrogens is 194 g/mol. The first kappa shape index (κ1) is 10.7. The predicted octanol–water partition coefficient (Wildman–Crippen LogP) is 1.46. The molecule has 14 heavy (non-hydrogen) atoms. The second kappa shape index (κ2) is 5.36. The van der Waals surface area contributed by atoms with Crippen molar-refractivity contribution < 1.29 is 4.79 Å². The minimum Gasteiger partial charge on any atom is -0.366 e. The number of amides is 1. The molecule has 0 aliphatic carbocycles. The van der Waals surface area contributed by atoms with Crippen LogP contribution >= 0.6 is 12.6 Å². The number of hydrogen-bond acceptors (Lipinski definition) is 2. The first-order valence-corrected chi connectivity index (χ1v) is 4.87. The number of rotatable bonds is 2. The Balaban J connectivity index is 2.75. The van der Waals surface area contributed by atoms with E-state index < -0.39 is 5.91 Å². The van der Waals surface area contributed by atoms with Gasteiger partial charge in [0.15, 0.2) is 0 Å². The maximum absolute atomic E-state index is 10.7. The maximum atomic E-state index is 10.7. The fourth-order valence-corrected chi connectivity index (χ4v) is 1.05. The van der Waals surface area contributed by atoms with Crippen molar-refractivity contribution in [2.24, 2.45) is 5.73 Å². The van der Waals surface area contributed by atoms with Crippen LogP contribution in [0.25, 0.3) is 0 Å². The first-order chi connectivity index (χ1) is 6.74. The predicted molar refractivity (Wildman–Crippen MR) is 60.3 cm³/mol. The largest absolute Gasteiger partial charge is 0.366 e. The lowest BCUT2D eigenvalue weighted by atomic mass is 10.1. The molecule has 0 radical (unpaired) electrons. The lowest BCUT2D eigenvalue weighted by Gasteiger charge is -1.94. The van der Waals surface area contributed by atoms with Gasteiger partial charge in [0.1, 0.15) is 0 Å². The highest BCUT2D eigenvalue weighted by atomic mass is 32.1. The SMILES string of the molecule is NC(=O)c1ccc(C#CCCS)cc1. The molecule has 2 nitrogen and oxygen atoms in total. The highest BCUT2D eigenvalue weighted by Gasteiger charge is 1.97. The van der Waals surface area contributed by atoms with Crippen LogP contribution in [-0.4, -0.2) is 11.7 Å². The van der Waals surface area contributed by atoms with Gasteiger partial charge in [-0.1, -0.05) is 11.8 Å². The molecule has 0 saturated heterocycles. The molecule has 2 N–H and O–H groups in total.